The van der Waals surface area contributed by atoms with E-state index in [2.05, 4.69) is 25.4 Å². The van der Waals surface area contributed by atoms with E-state index in [1.54, 1.807) is 30.6 Å². The molecular formula is C19H16ClN5O2. The maximum atomic E-state index is 12.5. The molecule has 0 spiro atoms. The molecule has 3 heterocycles. The van der Waals surface area contributed by atoms with Gasteiger partial charge >= 0.3 is 0 Å². The number of nitrogens with one attached hydrogen (secondary N) is 2. The number of fused-ring (bicyclic) bond motifs is 1. The highest BCUT2D eigenvalue weighted by Gasteiger charge is 2.14. The van der Waals surface area contributed by atoms with Crippen molar-refractivity contribution >= 4 is 28.5 Å². The summed E-state index contributed by atoms with van der Waals surface area (Å²) in [5, 5.41) is 8.42. The van der Waals surface area contributed by atoms with Crippen molar-refractivity contribution in [2.45, 2.75) is 19.9 Å². The first-order valence-electron chi connectivity index (χ1n) is 8.35. The SMILES string of the molecule is Cc1oncc1-c1ccnc(NC(C)c2cc3cc(Cl)ccc3[nH]c2=O)n1. The molecule has 0 aliphatic heterocycles. The van der Waals surface area contributed by atoms with Crippen LogP contribution in [0.25, 0.3) is 22.2 Å². The Morgan fingerprint density at radius 2 is 2.11 bits per heavy atom. The molecular weight excluding hydrogens is 366 g/mol. The van der Waals surface area contributed by atoms with E-state index in [0.29, 0.717) is 28.0 Å². The molecule has 0 aliphatic carbocycles. The lowest BCUT2D eigenvalue weighted by molar-refractivity contribution is 0.398. The summed E-state index contributed by atoms with van der Waals surface area (Å²) in [6.07, 6.45) is 3.26. The van der Waals surface area contributed by atoms with Gasteiger partial charge in [0.05, 0.1) is 23.5 Å². The number of benzene rings is 1. The molecule has 7 nitrogen and oxygen atoms in total. The van der Waals surface area contributed by atoms with Crippen LogP contribution in [-0.4, -0.2) is 20.1 Å². The Kier molecular flexibility index (Phi) is 4.37. The predicted molar refractivity (Wildman–Crippen MR) is 104 cm³/mol. The summed E-state index contributed by atoms with van der Waals surface area (Å²) in [5.41, 5.74) is 2.63. The standard InChI is InChI=1S/C19H16ClN5O2/c1-10(14-8-12-7-13(20)3-4-16(12)24-18(14)26)23-19-21-6-5-17(25-19)15-9-22-27-11(15)2/h3-10H,1-2H3,(H,24,26)(H,21,23,25). The quantitative estimate of drug-likeness (QED) is 0.552. The number of aryl methyl sites for hydroxylation is 1. The average Bonchev–Trinajstić information content (AvgIpc) is 3.07. The third-order valence-electron chi connectivity index (χ3n) is 4.33. The third kappa shape index (κ3) is 3.41. The van der Waals surface area contributed by atoms with Crippen molar-refractivity contribution in [3.05, 3.63) is 69.4 Å². The zero-order valence-corrected chi connectivity index (χ0v) is 15.4. The molecule has 0 bridgehead atoms. The first-order chi connectivity index (χ1) is 13.0. The van der Waals surface area contributed by atoms with E-state index in [4.69, 9.17) is 16.1 Å². The minimum absolute atomic E-state index is 0.171. The molecule has 0 aliphatic rings. The number of pyridine rings is 1. The van der Waals surface area contributed by atoms with E-state index in [-0.39, 0.29) is 11.6 Å². The maximum absolute atomic E-state index is 12.5. The van der Waals surface area contributed by atoms with Crippen LogP contribution in [0, 0.1) is 6.92 Å². The first-order valence-corrected chi connectivity index (χ1v) is 8.73. The van der Waals surface area contributed by atoms with Gasteiger partial charge in [0.2, 0.25) is 5.95 Å². The first kappa shape index (κ1) is 17.2. The summed E-state index contributed by atoms with van der Waals surface area (Å²) in [7, 11) is 0. The number of rotatable bonds is 4. The number of aromatic nitrogens is 4. The largest absolute Gasteiger partial charge is 0.361 e. The fraction of sp³-hybridized carbons (Fsp3) is 0.158. The maximum Gasteiger partial charge on any atom is 0.253 e. The molecule has 2 N–H and O–H groups in total. The van der Waals surface area contributed by atoms with Gasteiger partial charge in [0.1, 0.15) is 5.76 Å². The van der Waals surface area contributed by atoms with Crippen LogP contribution in [-0.2, 0) is 0 Å². The summed E-state index contributed by atoms with van der Waals surface area (Å²) < 4.78 is 5.09. The zero-order chi connectivity index (χ0) is 19.0. The average molecular weight is 382 g/mol. The summed E-state index contributed by atoms with van der Waals surface area (Å²) in [4.78, 5) is 24.1. The molecule has 27 heavy (non-hydrogen) atoms. The summed E-state index contributed by atoms with van der Waals surface area (Å²) >= 11 is 6.06. The van der Waals surface area contributed by atoms with Gasteiger partial charge in [-0.3, -0.25) is 4.79 Å². The highest BCUT2D eigenvalue weighted by atomic mass is 35.5. The van der Waals surface area contributed by atoms with Crippen molar-refractivity contribution in [2.75, 3.05) is 5.32 Å². The molecule has 0 fully saturated rings. The number of hydrogen-bond donors (Lipinski definition) is 2. The van der Waals surface area contributed by atoms with Gasteiger partial charge in [0.15, 0.2) is 0 Å². The number of hydrogen-bond acceptors (Lipinski definition) is 6. The van der Waals surface area contributed by atoms with Crippen LogP contribution in [0.4, 0.5) is 5.95 Å². The molecule has 8 heteroatoms. The third-order valence-corrected chi connectivity index (χ3v) is 4.56. The van der Waals surface area contributed by atoms with E-state index in [1.807, 2.05) is 26.0 Å². The normalized spacial score (nSPS) is 12.3. The van der Waals surface area contributed by atoms with E-state index in [1.165, 1.54) is 0 Å². The number of nitrogens with zero attached hydrogens (tertiary/aromatic N) is 3. The van der Waals surface area contributed by atoms with E-state index in [9.17, 15) is 4.79 Å². The lowest BCUT2D eigenvalue weighted by Gasteiger charge is -2.14. The van der Waals surface area contributed by atoms with Gasteiger partial charge in [-0.15, -0.1) is 0 Å². The van der Waals surface area contributed by atoms with Gasteiger partial charge in [-0.25, -0.2) is 9.97 Å². The highest BCUT2D eigenvalue weighted by molar-refractivity contribution is 6.31. The van der Waals surface area contributed by atoms with Crippen molar-refractivity contribution in [1.82, 2.24) is 20.1 Å². The lowest BCUT2D eigenvalue weighted by atomic mass is 10.1. The summed E-state index contributed by atoms with van der Waals surface area (Å²) in [6, 6.07) is 8.64. The van der Waals surface area contributed by atoms with Gasteiger partial charge in [-0.05, 0) is 44.2 Å². The van der Waals surface area contributed by atoms with Gasteiger partial charge in [-0.1, -0.05) is 16.8 Å². The second-order valence-corrected chi connectivity index (χ2v) is 6.65. The Morgan fingerprint density at radius 3 is 2.89 bits per heavy atom. The van der Waals surface area contributed by atoms with Crippen LogP contribution < -0.4 is 10.9 Å². The minimum Gasteiger partial charge on any atom is -0.361 e. The van der Waals surface area contributed by atoms with Crippen LogP contribution in [0.2, 0.25) is 5.02 Å². The fourth-order valence-electron chi connectivity index (χ4n) is 2.91. The van der Waals surface area contributed by atoms with Crippen LogP contribution in [0.5, 0.6) is 0 Å². The van der Waals surface area contributed by atoms with Crippen LogP contribution in [0.15, 0.2) is 52.0 Å². The number of H-pyrrole nitrogens is 1. The number of halogens is 1. The number of aromatic amines is 1. The Bertz CT molecular complexity index is 1180. The molecule has 136 valence electrons. The molecule has 1 aromatic carbocycles. The Labute approximate surface area is 159 Å². The van der Waals surface area contributed by atoms with Gasteiger partial charge in [0.25, 0.3) is 5.56 Å². The van der Waals surface area contributed by atoms with E-state index >= 15 is 0 Å². The summed E-state index contributed by atoms with van der Waals surface area (Å²) in [5.74, 6) is 1.08. The predicted octanol–water partition coefficient (Wildman–Crippen LogP) is 4.11. The zero-order valence-electron chi connectivity index (χ0n) is 14.7. The van der Waals surface area contributed by atoms with Crippen molar-refractivity contribution in [1.29, 1.82) is 0 Å². The monoisotopic (exact) mass is 381 g/mol. The van der Waals surface area contributed by atoms with Crippen molar-refractivity contribution < 1.29 is 4.52 Å². The van der Waals surface area contributed by atoms with Crippen LogP contribution >= 0.6 is 11.6 Å². The van der Waals surface area contributed by atoms with Crippen LogP contribution in [0.1, 0.15) is 24.3 Å². The second kappa shape index (κ2) is 6.85. The van der Waals surface area contributed by atoms with Gasteiger partial charge in [-0.2, -0.15) is 0 Å². The molecule has 1 atom stereocenters. The van der Waals surface area contributed by atoms with Crippen LogP contribution in [0.3, 0.4) is 0 Å². The van der Waals surface area contributed by atoms with E-state index < -0.39 is 0 Å². The molecule has 3 aromatic heterocycles. The molecule has 0 amide bonds. The molecule has 0 saturated heterocycles. The topological polar surface area (TPSA) is 96.7 Å². The van der Waals surface area contributed by atoms with Crippen molar-refractivity contribution in [2.24, 2.45) is 0 Å². The lowest BCUT2D eigenvalue weighted by Crippen LogP contribution is -2.20. The highest BCUT2D eigenvalue weighted by Crippen LogP contribution is 2.23. The van der Waals surface area contributed by atoms with Gasteiger partial charge in [0, 0.05) is 27.7 Å². The fourth-order valence-corrected chi connectivity index (χ4v) is 3.09. The molecule has 4 rings (SSSR count). The molecule has 4 aromatic rings. The molecule has 1 unspecified atom stereocenters. The van der Waals surface area contributed by atoms with Gasteiger partial charge < -0.3 is 14.8 Å². The van der Waals surface area contributed by atoms with E-state index in [0.717, 1.165) is 16.5 Å². The van der Waals surface area contributed by atoms with Crippen molar-refractivity contribution in [3.8, 4) is 11.3 Å². The second-order valence-electron chi connectivity index (χ2n) is 6.21. The van der Waals surface area contributed by atoms with Crippen molar-refractivity contribution in [3.63, 3.8) is 0 Å². The molecule has 0 saturated carbocycles. The molecule has 0 radical (unpaired) electrons. The summed E-state index contributed by atoms with van der Waals surface area (Å²) in [6.45, 7) is 3.70. The Morgan fingerprint density at radius 1 is 1.26 bits per heavy atom. The Balaban J connectivity index is 1.65. The smallest absolute Gasteiger partial charge is 0.253 e. The Hall–Kier alpha value is -3.19. The minimum atomic E-state index is -0.309. The number of anilines is 1.